The summed E-state index contributed by atoms with van der Waals surface area (Å²) >= 11 is 6.39. The van der Waals surface area contributed by atoms with Gasteiger partial charge in [-0.15, -0.1) is 0 Å². The highest BCUT2D eigenvalue weighted by Crippen LogP contribution is 2.41. The second-order valence-electron chi connectivity index (χ2n) is 8.14. The van der Waals surface area contributed by atoms with Gasteiger partial charge in [0.15, 0.2) is 0 Å². The Morgan fingerprint density at radius 1 is 1.26 bits per heavy atom. The van der Waals surface area contributed by atoms with E-state index in [4.69, 9.17) is 16.3 Å². The van der Waals surface area contributed by atoms with E-state index in [-0.39, 0.29) is 33.8 Å². The van der Waals surface area contributed by atoms with Crippen molar-refractivity contribution in [2.45, 2.75) is 32.2 Å². The van der Waals surface area contributed by atoms with Gasteiger partial charge in [-0.25, -0.2) is 8.78 Å². The highest BCUT2D eigenvalue weighted by atomic mass is 35.5. The number of nitrogens with one attached hydrogen (secondary N) is 1. The molecule has 0 radical (unpaired) electrons. The van der Waals surface area contributed by atoms with Gasteiger partial charge in [0.05, 0.1) is 17.7 Å². The van der Waals surface area contributed by atoms with Crippen LogP contribution in [-0.2, 0) is 0 Å². The Labute approximate surface area is 184 Å². The minimum atomic E-state index is -0.784. The Morgan fingerprint density at radius 3 is 2.61 bits per heavy atom. The largest absolute Gasteiger partial charge is 0.493 e. The molecule has 0 unspecified atom stereocenters. The van der Waals surface area contributed by atoms with E-state index < -0.39 is 11.6 Å². The fraction of sp³-hybridized carbons (Fsp3) is 0.476. The van der Waals surface area contributed by atoms with E-state index in [9.17, 15) is 0 Å². The van der Waals surface area contributed by atoms with Crippen LogP contribution < -0.4 is 10.1 Å². The lowest BCUT2D eigenvalue weighted by molar-refractivity contribution is 0.279. The second kappa shape index (κ2) is 8.92. The number of ether oxygens (including phenoxy) is 1. The predicted octanol–water partition coefficient (Wildman–Crippen LogP) is 4.26. The van der Waals surface area contributed by atoms with Crippen LogP contribution in [-0.4, -0.2) is 57.8 Å². The molecule has 0 amide bonds. The lowest BCUT2D eigenvalue weighted by Crippen LogP contribution is -2.21. The SMILES string of the molecule is C[C@H](Nc1c(-c2c(F)cc(OCCCN(C)C)cc2F)c(Cl)nc2ncnn12)C1CC1. The van der Waals surface area contributed by atoms with E-state index in [2.05, 4.69) is 20.4 Å². The van der Waals surface area contributed by atoms with Crippen molar-refractivity contribution in [1.29, 1.82) is 0 Å². The van der Waals surface area contributed by atoms with Gasteiger partial charge in [0.1, 0.15) is 34.7 Å². The van der Waals surface area contributed by atoms with Crippen LogP contribution >= 0.6 is 11.6 Å². The summed E-state index contributed by atoms with van der Waals surface area (Å²) in [6.07, 6.45) is 4.27. The molecule has 2 aromatic heterocycles. The number of fused-ring (bicyclic) bond motifs is 1. The van der Waals surface area contributed by atoms with Crippen LogP contribution in [0.15, 0.2) is 18.5 Å². The zero-order chi connectivity index (χ0) is 22.1. The smallest absolute Gasteiger partial charge is 0.255 e. The number of nitrogens with zero attached hydrogens (tertiary/aromatic N) is 5. The Hall–Kier alpha value is -2.52. The molecule has 166 valence electrons. The van der Waals surface area contributed by atoms with Crippen molar-refractivity contribution < 1.29 is 13.5 Å². The first-order valence-corrected chi connectivity index (χ1v) is 10.7. The monoisotopic (exact) mass is 450 g/mol. The standard InChI is InChI=1S/C21H25ClF2N6O/c1-12(13-5-6-13)27-20-18(19(22)28-21-25-11-26-30(20)21)17-15(23)9-14(10-16(17)24)31-8-4-7-29(2)3/h9-13,27H,4-8H2,1-3H3/t12-/m0/s1. The van der Waals surface area contributed by atoms with Gasteiger partial charge in [-0.1, -0.05) is 11.6 Å². The first-order chi connectivity index (χ1) is 14.8. The van der Waals surface area contributed by atoms with Gasteiger partial charge in [0.25, 0.3) is 5.78 Å². The summed E-state index contributed by atoms with van der Waals surface area (Å²) in [5.41, 5.74) is -0.164. The summed E-state index contributed by atoms with van der Waals surface area (Å²) in [6.45, 7) is 3.20. The molecule has 31 heavy (non-hydrogen) atoms. The van der Waals surface area contributed by atoms with Crippen LogP contribution in [0.4, 0.5) is 14.6 Å². The molecule has 2 heterocycles. The third-order valence-corrected chi connectivity index (χ3v) is 5.63. The van der Waals surface area contributed by atoms with Gasteiger partial charge in [0, 0.05) is 24.7 Å². The zero-order valence-corrected chi connectivity index (χ0v) is 18.5. The normalized spacial score (nSPS) is 14.9. The van der Waals surface area contributed by atoms with E-state index in [0.29, 0.717) is 18.3 Å². The van der Waals surface area contributed by atoms with Crippen LogP contribution in [0.25, 0.3) is 16.9 Å². The molecule has 0 spiro atoms. The van der Waals surface area contributed by atoms with Gasteiger partial charge < -0.3 is 15.0 Å². The number of anilines is 1. The minimum absolute atomic E-state index is 0.0524. The molecule has 0 aliphatic heterocycles. The summed E-state index contributed by atoms with van der Waals surface area (Å²) < 4.78 is 37.2. The number of rotatable bonds is 9. The van der Waals surface area contributed by atoms with Crippen LogP contribution in [0.1, 0.15) is 26.2 Å². The predicted molar refractivity (Wildman–Crippen MR) is 116 cm³/mol. The minimum Gasteiger partial charge on any atom is -0.493 e. The lowest BCUT2D eigenvalue weighted by atomic mass is 10.1. The van der Waals surface area contributed by atoms with Crippen molar-refractivity contribution in [2.24, 2.45) is 5.92 Å². The van der Waals surface area contributed by atoms with Crippen LogP contribution in [0.2, 0.25) is 5.15 Å². The molecule has 1 aliphatic rings. The van der Waals surface area contributed by atoms with E-state index >= 15 is 8.78 Å². The number of aromatic nitrogens is 4. The third-order valence-electron chi connectivity index (χ3n) is 5.36. The Balaban J connectivity index is 1.71. The third kappa shape index (κ3) is 4.72. The van der Waals surface area contributed by atoms with E-state index in [0.717, 1.165) is 25.8 Å². The molecule has 1 saturated carbocycles. The van der Waals surface area contributed by atoms with Crippen LogP contribution in [0, 0.1) is 17.6 Å². The fourth-order valence-electron chi connectivity index (χ4n) is 3.54. The van der Waals surface area contributed by atoms with Crippen LogP contribution in [0.3, 0.4) is 0 Å². The van der Waals surface area contributed by atoms with Crippen LogP contribution in [0.5, 0.6) is 5.75 Å². The van der Waals surface area contributed by atoms with Crippen molar-refractivity contribution in [1.82, 2.24) is 24.5 Å². The second-order valence-corrected chi connectivity index (χ2v) is 8.49. The molecule has 1 aromatic carbocycles. The number of hydrogen-bond acceptors (Lipinski definition) is 6. The molecule has 0 bridgehead atoms. The average Bonchev–Trinajstić information content (AvgIpc) is 3.45. The molecule has 1 atom stereocenters. The maximum atomic E-state index is 15.1. The number of benzene rings is 1. The highest BCUT2D eigenvalue weighted by molar-refractivity contribution is 6.33. The van der Waals surface area contributed by atoms with Gasteiger partial charge in [-0.05, 0) is 46.2 Å². The van der Waals surface area contributed by atoms with E-state index in [1.54, 1.807) is 0 Å². The molecule has 1 fully saturated rings. The lowest BCUT2D eigenvalue weighted by Gasteiger charge is -2.20. The van der Waals surface area contributed by atoms with Crippen molar-refractivity contribution in [3.8, 4) is 16.9 Å². The van der Waals surface area contributed by atoms with Gasteiger partial charge in [-0.2, -0.15) is 19.6 Å². The average molecular weight is 451 g/mol. The first kappa shape index (κ1) is 21.7. The number of hydrogen-bond donors (Lipinski definition) is 1. The van der Waals surface area contributed by atoms with Crippen molar-refractivity contribution in [3.05, 3.63) is 35.2 Å². The highest BCUT2D eigenvalue weighted by Gasteiger charge is 2.31. The van der Waals surface area contributed by atoms with Crippen molar-refractivity contribution in [2.75, 3.05) is 32.6 Å². The topological polar surface area (TPSA) is 67.6 Å². The quantitative estimate of drug-likeness (QED) is 0.388. The Bertz CT molecular complexity index is 1060. The molecule has 0 saturated heterocycles. The molecule has 10 heteroatoms. The summed E-state index contributed by atoms with van der Waals surface area (Å²) in [5.74, 6) is -0.332. The Morgan fingerprint density at radius 2 is 1.97 bits per heavy atom. The Kier molecular flexibility index (Phi) is 6.24. The molecule has 4 rings (SSSR count). The molecule has 7 nitrogen and oxygen atoms in total. The zero-order valence-electron chi connectivity index (χ0n) is 17.7. The summed E-state index contributed by atoms with van der Waals surface area (Å²) in [4.78, 5) is 10.2. The first-order valence-electron chi connectivity index (χ1n) is 10.3. The summed E-state index contributed by atoms with van der Waals surface area (Å²) in [6, 6.07) is 2.42. The van der Waals surface area contributed by atoms with Crippen molar-refractivity contribution in [3.63, 3.8) is 0 Å². The molecule has 3 aromatic rings. The number of halogens is 3. The van der Waals surface area contributed by atoms with Crippen molar-refractivity contribution >= 4 is 23.2 Å². The van der Waals surface area contributed by atoms with Gasteiger partial charge in [-0.3, -0.25) is 0 Å². The fourth-order valence-corrected chi connectivity index (χ4v) is 3.80. The molecular weight excluding hydrogens is 426 g/mol. The van der Waals surface area contributed by atoms with E-state index in [1.807, 2.05) is 25.9 Å². The molecule has 1 aliphatic carbocycles. The summed E-state index contributed by atoms with van der Waals surface area (Å²) in [5, 5.41) is 7.44. The molecular formula is C21H25ClF2N6O. The molecule has 1 N–H and O–H groups in total. The summed E-state index contributed by atoms with van der Waals surface area (Å²) in [7, 11) is 3.90. The van der Waals surface area contributed by atoms with E-state index in [1.165, 1.54) is 23.0 Å². The maximum absolute atomic E-state index is 15.1. The van der Waals surface area contributed by atoms with Gasteiger partial charge in [0.2, 0.25) is 0 Å². The van der Waals surface area contributed by atoms with Gasteiger partial charge >= 0.3 is 0 Å². The maximum Gasteiger partial charge on any atom is 0.255 e.